The number of hydrogen-bond donors (Lipinski definition) is 1. The Labute approximate surface area is 97.9 Å². The van der Waals surface area contributed by atoms with Gasteiger partial charge in [-0.05, 0) is 27.2 Å². The molecule has 0 radical (unpaired) electrons. The van der Waals surface area contributed by atoms with Crippen molar-refractivity contribution in [1.82, 2.24) is 0 Å². The summed E-state index contributed by atoms with van der Waals surface area (Å²) in [5, 5.41) is 8.73. The highest BCUT2D eigenvalue weighted by molar-refractivity contribution is 7.55. The first-order valence-corrected chi connectivity index (χ1v) is 7.44. The second kappa shape index (κ2) is 4.77. The van der Waals surface area contributed by atoms with Crippen molar-refractivity contribution in [2.24, 2.45) is 0 Å². The molecule has 96 valence electrons. The zero-order valence-corrected chi connectivity index (χ0v) is 11.5. The second-order valence-corrected chi connectivity index (χ2v) is 7.68. The molecule has 2 atom stereocenters. The van der Waals surface area contributed by atoms with Crippen molar-refractivity contribution >= 4 is 7.60 Å². The van der Waals surface area contributed by atoms with E-state index in [4.69, 9.17) is 9.05 Å². The van der Waals surface area contributed by atoms with Crippen molar-refractivity contribution < 1.29 is 18.7 Å². The number of aliphatic hydroxyl groups is 1. The van der Waals surface area contributed by atoms with E-state index in [2.05, 4.69) is 6.92 Å². The maximum Gasteiger partial charge on any atom is 0.362 e. The van der Waals surface area contributed by atoms with Crippen LogP contribution in [0.1, 0.15) is 53.4 Å². The van der Waals surface area contributed by atoms with Crippen molar-refractivity contribution in [2.75, 3.05) is 6.61 Å². The summed E-state index contributed by atoms with van der Waals surface area (Å²) in [5.74, 6) is 0. The van der Waals surface area contributed by atoms with E-state index in [1.54, 1.807) is 0 Å². The van der Waals surface area contributed by atoms with Crippen molar-refractivity contribution in [3.05, 3.63) is 0 Å². The summed E-state index contributed by atoms with van der Waals surface area (Å²) >= 11 is 0. The summed E-state index contributed by atoms with van der Waals surface area (Å²) in [4.78, 5) is 0. The fourth-order valence-electron chi connectivity index (χ4n) is 2.06. The van der Waals surface area contributed by atoms with Gasteiger partial charge in [-0.2, -0.15) is 0 Å². The largest absolute Gasteiger partial charge is 0.377 e. The number of unbranched alkanes of at least 4 members (excludes halogenated alkanes) is 2. The van der Waals surface area contributed by atoms with E-state index in [-0.39, 0.29) is 0 Å². The first kappa shape index (κ1) is 14.2. The first-order chi connectivity index (χ1) is 7.22. The van der Waals surface area contributed by atoms with E-state index in [9.17, 15) is 9.67 Å². The Morgan fingerprint density at radius 1 is 1.38 bits per heavy atom. The highest BCUT2D eigenvalue weighted by Crippen LogP contribution is 2.69. The minimum atomic E-state index is -3.38. The average molecular weight is 250 g/mol. The van der Waals surface area contributed by atoms with Gasteiger partial charge < -0.3 is 14.2 Å². The van der Waals surface area contributed by atoms with Crippen molar-refractivity contribution in [3.63, 3.8) is 0 Å². The molecule has 1 fully saturated rings. The molecule has 0 saturated carbocycles. The summed E-state index contributed by atoms with van der Waals surface area (Å²) < 4.78 is 23.1. The Hall–Kier alpha value is 0.110. The summed E-state index contributed by atoms with van der Waals surface area (Å²) in [7, 11) is -3.38. The molecule has 16 heavy (non-hydrogen) atoms. The van der Waals surface area contributed by atoms with Crippen LogP contribution in [0.4, 0.5) is 0 Å². The lowest BCUT2D eigenvalue weighted by atomic mass is 10.0. The normalized spacial score (nSPS) is 37.8. The number of rotatable bonds is 5. The van der Waals surface area contributed by atoms with Crippen LogP contribution in [-0.2, 0) is 13.6 Å². The van der Waals surface area contributed by atoms with Crippen LogP contribution in [0.3, 0.4) is 0 Å². The molecule has 0 aromatic carbocycles. The van der Waals surface area contributed by atoms with Crippen molar-refractivity contribution in [1.29, 1.82) is 0 Å². The van der Waals surface area contributed by atoms with Gasteiger partial charge in [-0.25, -0.2) is 0 Å². The van der Waals surface area contributed by atoms with Gasteiger partial charge in [-0.1, -0.05) is 19.8 Å². The van der Waals surface area contributed by atoms with Crippen LogP contribution in [0.25, 0.3) is 0 Å². The molecule has 0 amide bonds. The predicted molar refractivity (Wildman–Crippen MR) is 63.5 cm³/mol. The predicted octanol–water partition coefficient (Wildman–Crippen LogP) is 3.29. The third-order valence-corrected chi connectivity index (χ3v) is 5.32. The molecule has 1 rings (SSSR count). The molecular weight excluding hydrogens is 227 g/mol. The lowest BCUT2D eigenvalue weighted by molar-refractivity contribution is 0.0925. The monoisotopic (exact) mass is 250 g/mol. The average Bonchev–Trinajstić information content (AvgIpc) is 2.25. The Bertz CT molecular complexity index is 286. The fraction of sp³-hybridized carbons (Fsp3) is 1.00. The van der Waals surface area contributed by atoms with Crippen LogP contribution in [0, 0.1) is 0 Å². The Kier molecular flexibility index (Phi) is 4.23. The van der Waals surface area contributed by atoms with Gasteiger partial charge in [0.2, 0.25) is 0 Å². The third kappa shape index (κ3) is 3.07. The molecule has 2 unspecified atom stereocenters. The fourth-order valence-corrected chi connectivity index (χ4v) is 4.25. The van der Waals surface area contributed by atoms with Crippen LogP contribution in [-0.4, -0.2) is 22.7 Å². The molecule has 1 aliphatic heterocycles. The summed E-state index contributed by atoms with van der Waals surface area (Å²) in [6.45, 7) is 7.64. The molecular formula is C11H23O4P. The van der Waals surface area contributed by atoms with E-state index < -0.39 is 18.5 Å². The van der Waals surface area contributed by atoms with Crippen molar-refractivity contribution in [2.45, 2.75) is 64.3 Å². The Balaban J connectivity index is 2.59. The maximum atomic E-state index is 12.4. The van der Waals surface area contributed by atoms with E-state index in [1.807, 2.05) is 13.8 Å². The minimum absolute atomic E-state index is 0.338. The van der Waals surface area contributed by atoms with Gasteiger partial charge in [0.15, 0.2) is 5.34 Å². The SMILES string of the molecule is CCCCCOP1(=O)OC(C)(C)CC1(C)O. The van der Waals surface area contributed by atoms with Crippen LogP contribution in [0.5, 0.6) is 0 Å². The van der Waals surface area contributed by atoms with Crippen LogP contribution >= 0.6 is 7.60 Å². The lowest BCUT2D eigenvalue weighted by Crippen LogP contribution is -2.24. The molecule has 4 nitrogen and oxygen atoms in total. The first-order valence-electron chi connectivity index (χ1n) is 5.90. The molecule has 1 heterocycles. The molecule has 1 aliphatic rings. The van der Waals surface area contributed by atoms with E-state index in [0.717, 1.165) is 19.3 Å². The standard InChI is InChI=1S/C11H23O4P/c1-5-6-7-8-14-16(13)11(4,12)9-10(2,3)15-16/h12H,5-9H2,1-4H3. The Morgan fingerprint density at radius 3 is 2.44 bits per heavy atom. The zero-order chi connectivity index (χ0) is 12.4. The topological polar surface area (TPSA) is 55.8 Å². The molecule has 1 N–H and O–H groups in total. The second-order valence-electron chi connectivity index (χ2n) is 5.28. The summed E-state index contributed by atoms with van der Waals surface area (Å²) in [5.41, 5.74) is -0.580. The molecule has 0 bridgehead atoms. The number of hydrogen-bond acceptors (Lipinski definition) is 4. The van der Waals surface area contributed by atoms with E-state index >= 15 is 0 Å². The highest BCUT2D eigenvalue weighted by atomic mass is 31.2. The van der Waals surface area contributed by atoms with Gasteiger partial charge in [0.05, 0.1) is 12.2 Å². The zero-order valence-electron chi connectivity index (χ0n) is 10.7. The molecule has 0 aliphatic carbocycles. The molecule has 0 aromatic rings. The molecule has 5 heteroatoms. The third-order valence-electron chi connectivity index (χ3n) is 2.73. The smallest absolute Gasteiger partial charge is 0.362 e. The molecule has 0 aromatic heterocycles. The van der Waals surface area contributed by atoms with Crippen LogP contribution < -0.4 is 0 Å². The summed E-state index contributed by atoms with van der Waals surface area (Å²) in [6, 6.07) is 0. The van der Waals surface area contributed by atoms with Gasteiger partial charge in [0, 0.05) is 6.42 Å². The van der Waals surface area contributed by atoms with Gasteiger partial charge in [0.25, 0.3) is 0 Å². The van der Waals surface area contributed by atoms with Crippen LogP contribution in [0.2, 0.25) is 0 Å². The van der Waals surface area contributed by atoms with E-state index in [1.165, 1.54) is 6.92 Å². The van der Waals surface area contributed by atoms with Gasteiger partial charge >= 0.3 is 7.60 Å². The van der Waals surface area contributed by atoms with Crippen LogP contribution in [0.15, 0.2) is 0 Å². The van der Waals surface area contributed by atoms with Crippen molar-refractivity contribution in [3.8, 4) is 0 Å². The lowest BCUT2D eigenvalue weighted by Gasteiger charge is -2.23. The quantitative estimate of drug-likeness (QED) is 0.601. The van der Waals surface area contributed by atoms with E-state index in [0.29, 0.717) is 13.0 Å². The van der Waals surface area contributed by atoms with Gasteiger partial charge in [0.1, 0.15) is 0 Å². The summed E-state index contributed by atoms with van der Waals surface area (Å²) in [6.07, 6.45) is 3.30. The van der Waals surface area contributed by atoms with Gasteiger partial charge in [-0.15, -0.1) is 0 Å². The Morgan fingerprint density at radius 2 is 2.00 bits per heavy atom. The maximum absolute atomic E-state index is 12.4. The molecule has 0 spiro atoms. The molecule has 1 saturated heterocycles. The minimum Gasteiger partial charge on any atom is -0.377 e. The highest BCUT2D eigenvalue weighted by Gasteiger charge is 2.58. The van der Waals surface area contributed by atoms with Gasteiger partial charge in [-0.3, -0.25) is 4.57 Å².